The number of benzene rings is 1. The summed E-state index contributed by atoms with van der Waals surface area (Å²) in [5, 5.41) is 9.77. The Balaban J connectivity index is 1.59. The van der Waals surface area contributed by atoms with Gasteiger partial charge in [-0.1, -0.05) is 30.3 Å². The average Bonchev–Trinajstić information content (AvgIpc) is 3.09. The lowest BCUT2D eigenvalue weighted by molar-refractivity contribution is -0.157. The minimum atomic E-state index is -0.910. The molecule has 0 radical (unpaired) electrons. The fraction of sp³-hybridized carbons (Fsp3) is 0.400. The van der Waals surface area contributed by atoms with Gasteiger partial charge in [-0.2, -0.15) is 0 Å². The molecule has 7 nitrogen and oxygen atoms in total. The Labute approximate surface area is 157 Å². The summed E-state index contributed by atoms with van der Waals surface area (Å²) < 4.78 is 5.45. The van der Waals surface area contributed by atoms with Gasteiger partial charge in [-0.25, -0.2) is 9.97 Å². The lowest BCUT2D eigenvalue weighted by atomic mass is 9.74. The molecule has 140 valence electrons. The van der Waals surface area contributed by atoms with Crippen LogP contribution in [0.25, 0.3) is 11.4 Å². The van der Waals surface area contributed by atoms with Crippen LogP contribution in [0, 0.1) is 18.3 Å². The maximum Gasteiger partial charge on any atom is 0.311 e. The van der Waals surface area contributed by atoms with E-state index in [1.165, 1.54) is 0 Å². The molecule has 0 saturated carbocycles. The van der Waals surface area contributed by atoms with Crippen LogP contribution in [-0.4, -0.2) is 58.2 Å². The summed E-state index contributed by atoms with van der Waals surface area (Å²) in [6, 6.07) is 9.57. The molecule has 3 heterocycles. The summed E-state index contributed by atoms with van der Waals surface area (Å²) in [7, 11) is 0. The van der Waals surface area contributed by atoms with Crippen LogP contribution < -0.4 is 0 Å². The maximum absolute atomic E-state index is 13.0. The molecule has 27 heavy (non-hydrogen) atoms. The summed E-state index contributed by atoms with van der Waals surface area (Å²) in [6.45, 7) is 3.15. The number of aliphatic carboxylic acids is 1. The monoisotopic (exact) mass is 367 g/mol. The van der Waals surface area contributed by atoms with E-state index < -0.39 is 11.4 Å². The van der Waals surface area contributed by atoms with Gasteiger partial charge in [0.05, 0.1) is 23.3 Å². The number of carbonyl (C=O) groups excluding carboxylic acids is 1. The van der Waals surface area contributed by atoms with Gasteiger partial charge in [0.1, 0.15) is 0 Å². The fourth-order valence-corrected chi connectivity index (χ4v) is 4.03. The summed E-state index contributed by atoms with van der Waals surface area (Å²) >= 11 is 0. The molecule has 1 aromatic heterocycles. The molecular formula is C20H21N3O4. The van der Waals surface area contributed by atoms with Crippen molar-refractivity contribution in [1.29, 1.82) is 0 Å². The van der Waals surface area contributed by atoms with Crippen LogP contribution in [0.2, 0.25) is 0 Å². The van der Waals surface area contributed by atoms with Crippen molar-refractivity contribution in [1.82, 2.24) is 14.9 Å². The molecule has 0 spiro atoms. The van der Waals surface area contributed by atoms with E-state index in [2.05, 4.69) is 9.97 Å². The van der Waals surface area contributed by atoms with E-state index in [4.69, 9.17) is 4.74 Å². The molecule has 2 aliphatic rings. The van der Waals surface area contributed by atoms with E-state index in [1.807, 2.05) is 30.3 Å². The number of fused-ring (bicyclic) bond motifs is 1. The number of hydrogen-bond acceptors (Lipinski definition) is 5. The number of likely N-dealkylation sites (tertiary alicyclic amines) is 1. The van der Waals surface area contributed by atoms with Crippen molar-refractivity contribution in [2.24, 2.45) is 11.3 Å². The Morgan fingerprint density at radius 1 is 1.30 bits per heavy atom. The first-order chi connectivity index (χ1) is 13.0. The number of rotatable bonds is 3. The van der Waals surface area contributed by atoms with E-state index in [9.17, 15) is 14.7 Å². The molecule has 0 bridgehead atoms. The Hall–Kier alpha value is -2.80. The normalized spacial score (nSPS) is 24.5. The minimum absolute atomic E-state index is 0.183. The highest BCUT2D eigenvalue weighted by Crippen LogP contribution is 2.42. The van der Waals surface area contributed by atoms with Crippen LogP contribution in [-0.2, 0) is 9.53 Å². The maximum atomic E-state index is 13.0. The fourth-order valence-electron chi connectivity index (χ4n) is 4.03. The number of aryl methyl sites for hydroxylation is 1. The topological polar surface area (TPSA) is 92.6 Å². The van der Waals surface area contributed by atoms with E-state index >= 15 is 0 Å². The van der Waals surface area contributed by atoms with Gasteiger partial charge in [0.2, 0.25) is 0 Å². The minimum Gasteiger partial charge on any atom is -0.481 e. The molecule has 7 heteroatoms. The zero-order valence-corrected chi connectivity index (χ0v) is 15.1. The number of nitrogens with zero attached hydrogens (tertiary/aromatic N) is 3. The number of ether oxygens (including phenoxy) is 1. The number of carboxylic acid groups (broad SMARTS) is 1. The number of amides is 1. The smallest absolute Gasteiger partial charge is 0.311 e. The van der Waals surface area contributed by atoms with Crippen molar-refractivity contribution in [3.63, 3.8) is 0 Å². The zero-order valence-electron chi connectivity index (χ0n) is 15.1. The molecule has 2 aromatic rings. The zero-order chi connectivity index (χ0) is 19.0. The van der Waals surface area contributed by atoms with Gasteiger partial charge in [-0.15, -0.1) is 0 Å². The molecule has 2 fully saturated rings. The molecule has 1 N–H and O–H groups in total. The predicted octanol–water partition coefficient (Wildman–Crippen LogP) is 2.02. The largest absolute Gasteiger partial charge is 0.481 e. The summed E-state index contributed by atoms with van der Waals surface area (Å²) in [4.78, 5) is 35.4. The van der Waals surface area contributed by atoms with Gasteiger partial charge in [-0.05, 0) is 13.3 Å². The van der Waals surface area contributed by atoms with E-state index in [0.29, 0.717) is 43.3 Å². The van der Waals surface area contributed by atoms with Crippen LogP contribution in [0.3, 0.4) is 0 Å². The van der Waals surface area contributed by atoms with Gasteiger partial charge < -0.3 is 14.7 Å². The van der Waals surface area contributed by atoms with Crippen molar-refractivity contribution >= 4 is 11.9 Å². The summed E-state index contributed by atoms with van der Waals surface area (Å²) in [5.41, 5.74) is 0.972. The van der Waals surface area contributed by atoms with Gasteiger partial charge in [0.15, 0.2) is 5.82 Å². The van der Waals surface area contributed by atoms with Crippen LogP contribution in [0.5, 0.6) is 0 Å². The number of carboxylic acids is 1. The van der Waals surface area contributed by atoms with Crippen LogP contribution in [0.4, 0.5) is 0 Å². The first-order valence-corrected chi connectivity index (χ1v) is 9.01. The second-order valence-electron chi connectivity index (χ2n) is 7.23. The summed E-state index contributed by atoms with van der Waals surface area (Å²) in [6.07, 6.45) is 1.97. The van der Waals surface area contributed by atoms with Crippen LogP contribution >= 0.6 is 0 Å². The lowest BCUT2D eigenvalue weighted by Gasteiger charge is -2.33. The molecular weight excluding hydrogens is 346 g/mol. The van der Waals surface area contributed by atoms with E-state index in [1.54, 1.807) is 18.0 Å². The lowest BCUT2D eigenvalue weighted by Crippen LogP contribution is -2.45. The van der Waals surface area contributed by atoms with Gasteiger partial charge in [-0.3, -0.25) is 9.59 Å². The molecule has 4 rings (SSSR count). The molecule has 2 saturated heterocycles. The quantitative estimate of drug-likeness (QED) is 0.892. The first kappa shape index (κ1) is 17.6. The Kier molecular flexibility index (Phi) is 4.39. The second-order valence-corrected chi connectivity index (χ2v) is 7.23. The Morgan fingerprint density at radius 3 is 2.74 bits per heavy atom. The third-order valence-electron chi connectivity index (χ3n) is 5.66. The van der Waals surface area contributed by atoms with E-state index in [-0.39, 0.29) is 18.4 Å². The van der Waals surface area contributed by atoms with Crippen molar-refractivity contribution in [2.45, 2.75) is 13.3 Å². The van der Waals surface area contributed by atoms with E-state index in [0.717, 1.165) is 5.56 Å². The van der Waals surface area contributed by atoms with Gasteiger partial charge in [0.25, 0.3) is 5.91 Å². The number of aromatic nitrogens is 2. The number of carbonyl (C=O) groups is 2. The van der Waals surface area contributed by atoms with Crippen LogP contribution in [0.1, 0.15) is 22.5 Å². The highest BCUT2D eigenvalue weighted by Gasteiger charge is 2.55. The van der Waals surface area contributed by atoms with Gasteiger partial charge in [0, 0.05) is 37.4 Å². The van der Waals surface area contributed by atoms with Gasteiger partial charge >= 0.3 is 5.97 Å². The third-order valence-corrected chi connectivity index (χ3v) is 5.66. The van der Waals surface area contributed by atoms with Crippen molar-refractivity contribution < 1.29 is 19.4 Å². The summed E-state index contributed by atoms with van der Waals surface area (Å²) in [5.74, 6) is -0.687. The average molecular weight is 367 g/mol. The second kappa shape index (κ2) is 6.74. The SMILES string of the molecule is Cc1nc(-c2ccccc2)ncc1C(=O)N1C[C@H]2COCC[C@@]2(C(=O)O)C1. The van der Waals surface area contributed by atoms with Crippen molar-refractivity contribution in [3.8, 4) is 11.4 Å². The highest BCUT2D eigenvalue weighted by atomic mass is 16.5. The van der Waals surface area contributed by atoms with Crippen molar-refractivity contribution in [2.75, 3.05) is 26.3 Å². The molecule has 0 aliphatic carbocycles. The third kappa shape index (κ3) is 2.98. The molecule has 2 aliphatic heterocycles. The highest BCUT2D eigenvalue weighted by molar-refractivity contribution is 5.96. The molecule has 1 amide bonds. The Bertz CT molecular complexity index is 886. The van der Waals surface area contributed by atoms with Crippen molar-refractivity contribution in [3.05, 3.63) is 47.8 Å². The standard InChI is InChI=1S/C20H21N3O4/c1-13-16(9-21-17(22-13)14-5-3-2-4-6-14)18(24)23-10-15-11-27-8-7-20(15,12-23)19(25)26/h2-6,9,15H,7-8,10-12H2,1H3,(H,25,26)/t15-,20+/m0/s1. The first-order valence-electron chi connectivity index (χ1n) is 9.01. The predicted molar refractivity (Wildman–Crippen MR) is 97.1 cm³/mol. The molecule has 1 aromatic carbocycles. The Morgan fingerprint density at radius 2 is 2.07 bits per heavy atom. The molecule has 0 unspecified atom stereocenters. The molecule has 2 atom stereocenters. The number of hydrogen-bond donors (Lipinski definition) is 1. The van der Waals surface area contributed by atoms with Crippen LogP contribution in [0.15, 0.2) is 36.5 Å².